The minimum absolute atomic E-state index is 0.0136. The Morgan fingerprint density at radius 2 is 1.92 bits per heavy atom. The largest absolute Gasteiger partial charge is 0.477 e. The van der Waals surface area contributed by atoms with Gasteiger partial charge >= 0.3 is 5.97 Å². The number of anilines is 1. The van der Waals surface area contributed by atoms with Gasteiger partial charge in [-0.2, -0.15) is 0 Å². The normalized spacial score (nSPS) is 11.2. The molecule has 2 N–H and O–H groups in total. The van der Waals surface area contributed by atoms with E-state index >= 15 is 0 Å². The SMILES string of the molecule is Cc1cccc(NC(=O)CS/C(=C/c2ccc(Cl)cc2)C(=O)O)c1. The van der Waals surface area contributed by atoms with Crippen molar-refractivity contribution in [1.29, 1.82) is 0 Å². The van der Waals surface area contributed by atoms with Gasteiger partial charge in [0, 0.05) is 10.7 Å². The number of aliphatic carboxylic acids is 1. The maximum atomic E-state index is 12.0. The Balaban J connectivity index is 1.99. The molecule has 2 rings (SSSR count). The number of nitrogens with one attached hydrogen (secondary N) is 1. The summed E-state index contributed by atoms with van der Waals surface area (Å²) >= 11 is 6.78. The predicted octanol–water partition coefficient (Wildman–Crippen LogP) is 4.45. The molecule has 0 saturated carbocycles. The van der Waals surface area contributed by atoms with E-state index in [2.05, 4.69) is 5.32 Å². The lowest BCUT2D eigenvalue weighted by Gasteiger charge is -2.06. The first-order valence-corrected chi connectivity index (χ1v) is 8.50. The number of aryl methyl sites for hydroxylation is 1. The number of thioether (sulfide) groups is 1. The van der Waals surface area contributed by atoms with Gasteiger partial charge in [-0.15, -0.1) is 11.8 Å². The average Bonchev–Trinajstić information content (AvgIpc) is 2.53. The van der Waals surface area contributed by atoms with Crippen LogP contribution in [0.3, 0.4) is 0 Å². The third kappa shape index (κ3) is 5.76. The topological polar surface area (TPSA) is 66.4 Å². The van der Waals surface area contributed by atoms with Crippen LogP contribution in [0.5, 0.6) is 0 Å². The molecule has 0 heterocycles. The molecule has 0 saturated heterocycles. The zero-order chi connectivity index (χ0) is 17.5. The van der Waals surface area contributed by atoms with Crippen LogP contribution in [-0.4, -0.2) is 22.7 Å². The van der Waals surface area contributed by atoms with Crippen LogP contribution in [0.25, 0.3) is 6.08 Å². The quantitative estimate of drug-likeness (QED) is 0.746. The number of carboxylic acids is 1. The Hall–Kier alpha value is -2.24. The molecule has 124 valence electrons. The van der Waals surface area contributed by atoms with E-state index in [0.717, 1.165) is 17.3 Å². The molecule has 4 nitrogen and oxygen atoms in total. The smallest absolute Gasteiger partial charge is 0.342 e. The molecule has 6 heteroatoms. The number of carbonyl (C=O) groups excluding carboxylic acids is 1. The first-order valence-electron chi connectivity index (χ1n) is 7.14. The van der Waals surface area contributed by atoms with Crippen molar-refractivity contribution < 1.29 is 14.7 Å². The second-order valence-corrected chi connectivity index (χ2v) is 6.53. The molecule has 0 spiro atoms. The van der Waals surface area contributed by atoms with Gasteiger partial charge in [0.1, 0.15) is 0 Å². The Labute approximate surface area is 149 Å². The van der Waals surface area contributed by atoms with Crippen LogP contribution < -0.4 is 5.32 Å². The highest BCUT2D eigenvalue weighted by Gasteiger charge is 2.11. The van der Waals surface area contributed by atoms with Crippen molar-refractivity contribution in [2.75, 3.05) is 11.1 Å². The van der Waals surface area contributed by atoms with Crippen molar-refractivity contribution in [3.63, 3.8) is 0 Å². The van der Waals surface area contributed by atoms with Crippen molar-refractivity contribution in [2.24, 2.45) is 0 Å². The highest BCUT2D eigenvalue weighted by Crippen LogP contribution is 2.21. The zero-order valence-electron chi connectivity index (χ0n) is 13.0. The average molecular weight is 362 g/mol. The summed E-state index contributed by atoms with van der Waals surface area (Å²) in [6, 6.07) is 14.2. The van der Waals surface area contributed by atoms with Crippen molar-refractivity contribution in [1.82, 2.24) is 0 Å². The van der Waals surface area contributed by atoms with Crippen LogP contribution in [0.2, 0.25) is 5.02 Å². The minimum Gasteiger partial charge on any atom is -0.477 e. The lowest BCUT2D eigenvalue weighted by molar-refractivity contribution is -0.131. The number of amides is 1. The van der Waals surface area contributed by atoms with E-state index in [1.807, 2.05) is 25.1 Å². The number of hydrogen-bond donors (Lipinski definition) is 2. The second kappa shape index (κ2) is 8.57. The van der Waals surface area contributed by atoms with E-state index < -0.39 is 5.97 Å². The van der Waals surface area contributed by atoms with Gasteiger partial charge in [-0.25, -0.2) is 4.79 Å². The van der Waals surface area contributed by atoms with Crippen LogP contribution in [0.15, 0.2) is 53.4 Å². The molecule has 0 aliphatic heterocycles. The molecule has 1 amide bonds. The molecular weight excluding hydrogens is 346 g/mol. The number of carbonyl (C=O) groups is 2. The summed E-state index contributed by atoms with van der Waals surface area (Å²) in [7, 11) is 0. The lowest BCUT2D eigenvalue weighted by Crippen LogP contribution is -2.15. The highest BCUT2D eigenvalue weighted by molar-refractivity contribution is 8.04. The van der Waals surface area contributed by atoms with Gasteiger partial charge in [0.2, 0.25) is 5.91 Å². The van der Waals surface area contributed by atoms with E-state index in [-0.39, 0.29) is 16.6 Å². The number of benzene rings is 2. The number of hydrogen-bond acceptors (Lipinski definition) is 3. The van der Waals surface area contributed by atoms with E-state index in [9.17, 15) is 14.7 Å². The van der Waals surface area contributed by atoms with E-state index in [4.69, 9.17) is 11.6 Å². The summed E-state index contributed by atoms with van der Waals surface area (Å²) in [5.74, 6) is -1.31. The Kier molecular flexibility index (Phi) is 6.46. The van der Waals surface area contributed by atoms with E-state index in [1.54, 1.807) is 30.3 Å². The Morgan fingerprint density at radius 3 is 2.54 bits per heavy atom. The second-order valence-electron chi connectivity index (χ2n) is 5.07. The van der Waals surface area contributed by atoms with Gasteiger partial charge in [-0.1, -0.05) is 35.9 Å². The first-order chi connectivity index (χ1) is 11.4. The van der Waals surface area contributed by atoms with Gasteiger partial charge < -0.3 is 10.4 Å². The van der Waals surface area contributed by atoms with Gasteiger partial charge in [-0.05, 0) is 48.4 Å². The summed E-state index contributed by atoms with van der Waals surface area (Å²) in [5, 5.41) is 12.6. The summed E-state index contributed by atoms with van der Waals surface area (Å²) < 4.78 is 0. The summed E-state index contributed by atoms with van der Waals surface area (Å²) in [6.07, 6.45) is 1.52. The molecule has 0 fully saturated rings. The number of rotatable bonds is 6. The zero-order valence-corrected chi connectivity index (χ0v) is 14.5. The first kappa shape index (κ1) is 18.1. The third-order valence-corrected chi connectivity index (χ3v) is 4.30. The Morgan fingerprint density at radius 1 is 1.21 bits per heavy atom. The fourth-order valence-electron chi connectivity index (χ4n) is 1.94. The summed E-state index contributed by atoms with van der Waals surface area (Å²) in [4.78, 5) is 23.4. The molecule has 2 aromatic rings. The molecule has 0 bridgehead atoms. The van der Waals surface area contributed by atoms with Crippen LogP contribution in [0.4, 0.5) is 5.69 Å². The monoisotopic (exact) mass is 361 g/mol. The molecule has 2 aromatic carbocycles. The maximum absolute atomic E-state index is 12.0. The van der Waals surface area contributed by atoms with Gasteiger partial charge in [0.15, 0.2) is 0 Å². The predicted molar refractivity (Wildman–Crippen MR) is 99.3 cm³/mol. The molecule has 0 aliphatic carbocycles. The van der Waals surface area contributed by atoms with Crippen molar-refractivity contribution >= 4 is 47.0 Å². The van der Waals surface area contributed by atoms with Crippen molar-refractivity contribution in [3.8, 4) is 0 Å². The fraction of sp³-hybridized carbons (Fsp3) is 0.111. The fourth-order valence-corrected chi connectivity index (χ4v) is 2.77. The van der Waals surface area contributed by atoms with Crippen molar-refractivity contribution in [3.05, 3.63) is 69.6 Å². The van der Waals surface area contributed by atoms with Gasteiger partial charge in [-0.3, -0.25) is 4.79 Å². The van der Waals surface area contributed by atoms with Crippen LogP contribution in [0.1, 0.15) is 11.1 Å². The third-order valence-electron chi connectivity index (χ3n) is 3.04. The van der Waals surface area contributed by atoms with Crippen LogP contribution in [0, 0.1) is 6.92 Å². The molecule has 0 aromatic heterocycles. The Bertz CT molecular complexity index is 772. The standard InChI is InChI=1S/C18H16ClNO3S/c1-12-3-2-4-15(9-12)20-17(21)11-24-16(18(22)23)10-13-5-7-14(19)8-6-13/h2-10H,11H2,1H3,(H,20,21)(H,22,23)/b16-10+. The van der Waals surface area contributed by atoms with E-state index in [1.165, 1.54) is 6.08 Å². The van der Waals surface area contributed by atoms with Gasteiger partial charge in [0.25, 0.3) is 0 Å². The molecule has 0 unspecified atom stereocenters. The molecule has 24 heavy (non-hydrogen) atoms. The van der Waals surface area contributed by atoms with Crippen LogP contribution >= 0.6 is 23.4 Å². The summed E-state index contributed by atoms with van der Waals surface area (Å²) in [5.41, 5.74) is 2.44. The van der Waals surface area contributed by atoms with E-state index in [0.29, 0.717) is 16.3 Å². The number of carboxylic acid groups (broad SMARTS) is 1. The molecule has 0 aliphatic rings. The molecular formula is C18H16ClNO3S. The lowest BCUT2D eigenvalue weighted by atomic mass is 10.2. The summed E-state index contributed by atoms with van der Waals surface area (Å²) in [6.45, 7) is 1.93. The maximum Gasteiger partial charge on any atom is 0.342 e. The number of halogens is 1. The molecule has 0 atom stereocenters. The molecule has 0 radical (unpaired) electrons. The van der Waals surface area contributed by atoms with Gasteiger partial charge in [0.05, 0.1) is 10.7 Å². The van der Waals surface area contributed by atoms with Crippen molar-refractivity contribution in [2.45, 2.75) is 6.92 Å². The van der Waals surface area contributed by atoms with Crippen LogP contribution in [-0.2, 0) is 9.59 Å². The highest BCUT2D eigenvalue weighted by atomic mass is 35.5. The minimum atomic E-state index is -1.07.